The van der Waals surface area contributed by atoms with Gasteiger partial charge < -0.3 is 10.2 Å². The number of hydrogen-bond acceptors (Lipinski definition) is 2. The van der Waals surface area contributed by atoms with Crippen molar-refractivity contribution in [3.63, 3.8) is 0 Å². The quantitative estimate of drug-likeness (QED) is 0.798. The van der Waals surface area contributed by atoms with Gasteiger partial charge in [0.25, 0.3) is 5.91 Å². The maximum absolute atomic E-state index is 11.9. The lowest BCUT2D eigenvalue weighted by Gasteiger charge is -2.12. The Morgan fingerprint density at radius 3 is 2.81 bits per heavy atom. The molecule has 84 valence electrons. The number of benzene rings is 1. The molecule has 1 aliphatic rings. The number of hydrogen-bond donors (Lipinski definition) is 1. The van der Waals surface area contributed by atoms with Crippen LogP contribution in [0.25, 0.3) is 0 Å². The molecule has 1 N–H and O–H groups in total. The summed E-state index contributed by atoms with van der Waals surface area (Å²) in [4.78, 5) is 24.8. The van der Waals surface area contributed by atoms with Crippen molar-refractivity contribution in [2.24, 2.45) is 0 Å². The Labute approximate surface area is 106 Å². The van der Waals surface area contributed by atoms with Crippen LogP contribution < -0.4 is 5.32 Å². The molecule has 1 aromatic rings. The summed E-state index contributed by atoms with van der Waals surface area (Å²) < 4.78 is 0.604. The number of carbonyl (C=O) groups is 2. The number of nitrogens with one attached hydrogen (secondary N) is 1. The summed E-state index contributed by atoms with van der Waals surface area (Å²) in [6.45, 7) is 0.0393. The highest BCUT2D eigenvalue weighted by Gasteiger charge is 2.25. The molecule has 0 radical (unpaired) electrons. The molecular weight excluding hydrogens is 295 g/mol. The van der Waals surface area contributed by atoms with Crippen molar-refractivity contribution in [3.8, 4) is 0 Å². The maximum atomic E-state index is 11.9. The summed E-state index contributed by atoms with van der Waals surface area (Å²) >= 11 is 9.14. The van der Waals surface area contributed by atoms with Crippen molar-refractivity contribution < 1.29 is 9.59 Å². The molecule has 1 heterocycles. The third kappa shape index (κ3) is 1.92. The van der Waals surface area contributed by atoms with Gasteiger partial charge in [0.05, 0.1) is 17.8 Å². The zero-order valence-corrected chi connectivity index (χ0v) is 10.7. The van der Waals surface area contributed by atoms with Gasteiger partial charge >= 0.3 is 0 Å². The van der Waals surface area contributed by atoms with Crippen LogP contribution >= 0.6 is 27.5 Å². The van der Waals surface area contributed by atoms with Gasteiger partial charge in [-0.15, -0.1) is 0 Å². The molecule has 0 unspecified atom stereocenters. The largest absolute Gasteiger partial charge is 0.332 e. The fraction of sp³-hybridized carbons (Fsp3) is 0.200. The third-order valence-corrected chi connectivity index (χ3v) is 3.12. The van der Waals surface area contributed by atoms with Gasteiger partial charge in [-0.2, -0.15) is 0 Å². The Bertz CT molecular complexity index is 490. The van der Waals surface area contributed by atoms with E-state index in [4.69, 9.17) is 11.6 Å². The van der Waals surface area contributed by atoms with Crippen molar-refractivity contribution in [2.45, 2.75) is 0 Å². The number of carbonyl (C=O) groups excluding carboxylic acids is 2. The highest BCUT2D eigenvalue weighted by molar-refractivity contribution is 9.10. The van der Waals surface area contributed by atoms with Crippen LogP contribution in [0.2, 0.25) is 5.02 Å². The standard InChI is InChI=1S/C10H8BrClN2O2/c1-14-4-8(15)13-9-6(10(14)16)2-5(12)3-7(9)11/h2-3H,4H2,1H3,(H,13,15). The number of fused-ring (bicyclic) bond motifs is 1. The minimum atomic E-state index is -0.225. The summed E-state index contributed by atoms with van der Waals surface area (Å²) in [7, 11) is 1.58. The summed E-state index contributed by atoms with van der Waals surface area (Å²) in [5.41, 5.74) is 0.872. The molecule has 4 nitrogen and oxygen atoms in total. The predicted octanol–water partition coefficient (Wildman–Crippen LogP) is 2.13. The highest BCUT2D eigenvalue weighted by Crippen LogP contribution is 2.32. The smallest absolute Gasteiger partial charge is 0.256 e. The van der Waals surface area contributed by atoms with Crippen LogP contribution in [0.4, 0.5) is 5.69 Å². The highest BCUT2D eigenvalue weighted by atomic mass is 79.9. The van der Waals surface area contributed by atoms with E-state index in [2.05, 4.69) is 21.2 Å². The molecule has 0 saturated carbocycles. The average Bonchev–Trinajstić information content (AvgIpc) is 2.29. The average molecular weight is 304 g/mol. The van der Waals surface area contributed by atoms with Gasteiger partial charge in [0.15, 0.2) is 0 Å². The zero-order valence-electron chi connectivity index (χ0n) is 8.38. The molecule has 0 aromatic heterocycles. The minimum Gasteiger partial charge on any atom is -0.332 e. The molecule has 2 rings (SSSR count). The molecule has 0 aliphatic carbocycles. The second-order valence-corrected chi connectivity index (χ2v) is 4.81. The van der Waals surface area contributed by atoms with E-state index in [1.807, 2.05) is 0 Å². The van der Waals surface area contributed by atoms with Crippen LogP contribution in [0.3, 0.4) is 0 Å². The van der Waals surface area contributed by atoms with Crippen LogP contribution in [0.15, 0.2) is 16.6 Å². The fourth-order valence-electron chi connectivity index (χ4n) is 1.54. The molecule has 1 aromatic carbocycles. The summed E-state index contributed by atoms with van der Waals surface area (Å²) in [5, 5.41) is 3.12. The first kappa shape index (κ1) is 11.4. The van der Waals surface area contributed by atoms with Gasteiger partial charge in [-0.3, -0.25) is 9.59 Å². The topological polar surface area (TPSA) is 49.4 Å². The number of likely N-dealkylation sites (N-methyl/N-ethyl adjacent to an activating group) is 1. The van der Waals surface area contributed by atoms with Crippen molar-refractivity contribution >= 4 is 45.0 Å². The normalized spacial score (nSPS) is 15.6. The van der Waals surface area contributed by atoms with E-state index < -0.39 is 0 Å². The summed E-state index contributed by atoms with van der Waals surface area (Å²) in [6.07, 6.45) is 0. The van der Waals surface area contributed by atoms with Crippen molar-refractivity contribution in [1.29, 1.82) is 0 Å². The fourth-order valence-corrected chi connectivity index (χ4v) is 2.45. The number of halogens is 2. The van der Waals surface area contributed by atoms with Crippen LogP contribution in [0, 0.1) is 0 Å². The first-order chi connectivity index (χ1) is 7.49. The molecular formula is C10H8BrClN2O2. The third-order valence-electron chi connectivity index (χ3n) is 2.28. The van der Waals surface area contributed by atoms with Gasteiger partial charge in [-0.25, -0.2) is 0 Å². The monoisotopic (exact) mass is 302 g/mol. The van der Waals surface area contributed by atoms with Crippen LogP contribution in [-0.4, -0.2) is 30.3 Å². The predicted molar refractivity (Wildman–Crippen MR) is 64.7 cm³/mol. The van der Waals surface area contributed by atoms with E-state index in [-0.39, 0.29) is 18.4 Å². The van der Waals surface area contributed by atoms with Crippen molar-refractivity contribution in [3.05, 3.63) is 27.2 Å². The number of rotatable bonds is 0. The summed E-state index contributed by atoms with van der Waals surface area (Å²) in [6, 6.07) is 3.19. The first-order valence-electron chi connectivity index (χ1n) is 4.53. The molecule has 0 fully saturated rings. The van der Waals surface area contributed by atoms with E-state index in [1.54, 1.807) is 19.2 Å². The molecule has 0 atom stereocenters. The first-order valence-corrected chi connectivity index (χ1v) is 5.70. The maximum Gasteiger partial charge on any atom is 0.256 e. The van der Waals surface area contributed by atoms with E-state index in [0.717, 1.165) is 0 Å². The van der Waals surface area contributed by atoms with Crippen LogP contribution in [0.1, 0.15) is 10.4 Å². The molecule has 16 heavy (non-hydrogen) atoms. The lowest BCUT2D eigenvalue weighted by molar-refractivity contribution is -0.116. The minimum absolute atomic E-state index is 0.0393. The summed E-state index contributed by atoms with van der Waals surface area (Å²) in [5.74, 6) is -0.450. The van der Waals surface area contributed by atoms with Gasteiger partial charge in [0.1, 0.15) is 0 Å². The van der Waals surface area contributed by atoms with Gasteiger partial charge in [0, 0.05) is 16.5 Å². The molecule has 1 aliphatic heterocycles. The Balaban J connectivity index is 2.64. The molecule has 6 heteroatoms. The lowest BCUT2D eigenvalue weighted by atomic mass is 10.1. The van der Waals surface area contributed by atoms with Gasteiger partial charge in [-0.1, -0.05) is 11.6 Å². The zero-order chi connectivity index (χ0) is 11.9. The number of amides is 2. The van der Waals surface area contributed by atoms with E-state index >= 15 is 0 Å². The number of anilines is 1. The Hall–Kier alpha value is -1.07. The van der Waals surface area contributed by atoms with Crippen LogP contribution in [-0.2, 0) is 4.79 Å². The Kier molecular flexibility index (Phi) is 2.90. The van der Waals surface area contributed by atoms with Crippen LogP contribution in [0.5, 0.6) is 0 Å². The number of nitrogens with zero attached hydrogens (tertiary/aromatic N) is 1. The second-order valence-electron chi connectivity index (χ2n) is 3.52. The SMILES string of the molecule is CN1CC(=O)Nc2c(Br)cc(Cl)cc2C1=O. The van der Waals surface area contributed by atoms with E-state index in [1.165, 1.54) is 4.90 Å². The molecule has 0 spiro atoms. The Morgan fingerprint density at radius 1 is 1.44 bits per heavy atom. The van der Waals surface area contributed by atoms with Crippen molar-refractivity contribution in [2.75, 3.05) is 18.9 Å². The second kappa shape index (κ2) is 4.07. The van der Waals surface area contributed by atoms with Crippen molar-refractivity contribution in [1.82, 2.24) is 4.90 Å². The molecule has 2 amide bonds. The van der Waals surface area contributed by atoms with E-state index in [0.29, 0.717) is 20.7 Å². The van der Waals surface area contributed by atoms with Gasteiger partial charge in [-0.05, 0) is 28.1 Å². The molecule has 0 bridgehead atoms. The Morgan fingerprint density at radius 2 is 2.12 bits per heavy atom. The lowest BCUT2D eigenvalue weighted by Crippen LogP contribution is -2.31. The van der Waals surface area contributed by atoms with E-state index in [9.17, 15) is 9.59 Å². The van der Waals surface area contributed by atoms with Gasteiger partial charge in [0.2, 0.25) is 5.91 Å². The molecule has 0 saturated heterocycles.